The van der Waals surface area contributed by atoms with Gasteiger partial charge >= 0.3 is 0 Å². The van der Waals surface area contributed by atoms with Crippen LogP contribution in [0.25, 0.3) is 11.2 Å². The predicted octanol–water partition coefficient (Wildman–Crippen LogP) is 0.599. The quantitative estimate of drug-likeness (QED) is 0.264. The van der Waals surface area contributed by atoms with Crippen LogP contribution >= 0.6 is 12.2 Å². The molecule has 0 saturated carbocycles. The molecule has 0 amide bonds. The van der Waals surface area contributed by atoms with Crippen LogP contribution in [0.1, 0.15) is 17.6 Å². The van der Waals surface area contributed by atoms with Gasteiger partial charge in [-0.25, -0.2) is 9.97 Å². The van der Waals surface area contributed by atoms with E-state index < -0.39 is 36.1 Å². The first-order chi connectivity index (χ1) is 13.9. The zero-order valence-corrected chi connectivity index (χ0v) is 15.7. The molecular weight excluding hydrogens is 402 g/mol. The van der Waals surface area contributed by atoms with Crippen LogP contribution in [0.3, 0.4) is 0 Å². The number of aliphatic hydroxyl groups is 3. The topological polar surface area (TPSA) is 160 Å². The van der Waals surface area contributed by atoms with Crippen molar-refractivity contribution in [3.63, 3.8) is 0 Å². The number of benzene rings is 1. The molecular formula is C17H17N5O6S. The van der Waals surface area contributed by atoms with Crippen LogP contribution in [0.5, 0.6) is 0 Å². The Morgan fingerprint density at radius 2 is 2.00 bits per heavy atom. The minimum absolute atomic E-state index is 0.0314. The highest BCUT2D eigenvalue weighted by Gasteiger charge is 2.44. The lowest BCUT2D eigenvalue weighted by Crippen LogP contribution is -2.33. The molecule has 3 heterocycles. The zero-order valence-electron chi connectivity index (χ0n) is 14.9. The highest BCUT2D eigenvalue weighted by atomic mass is 32.1. The molecule has 0 bridgehead atoms. The van der Waals surface area contributed by atoms with E-state index >= 15 is 0 Å². The smallest absolute Gasteiger partial charge is 0.269 e. The third kappa shape index (κ3) is 3.41. The van der Waals surface area contributed by atoms with Crippen LogP contribution in [0.4, 0.5) is 5.69 Å². The summed E-state index contributed by atoms with van der Waals surface area (Å²) in [5.74, 6) is 0.444. The first-order valence-corrected chi connectivity index (χ1v) is 9.11. The van der Waals surface area contributed by atoms with Gasteiger partial charge in [-0.2, -0.15) is 0 Å². The van der Waals surface area contributed by atoms with Crippen LogP contribution in [0.2, 0.25) is 0 Å². The van der Waals surface area contributed by atoms with Crippen molar-refractivity contribution in [1.29, 1.82) is 0 Å². The van der Waals surface area contributed by atoms with Gasteiger partial charge in [0, 0.05) is 18.6 Å². The maximum absolute atomic E-state index is 10.9. The maximum Gasteiger partial charge on any atom is 0.269 e. The van der Waals surface area contributed by atoms with Gasteiger partial charge in [-0.05, 0) is 5.56 Å². The molecule has 0 unspecified atom stereocenters. The number of fused-ring (bicyclic) bond motifs is 1. The van der Waals surface area contributed by atoms with Gasteiger partial charge in [0.1, 0.15) is 35.3 Å². The minimum Gasteiger partial charge on any atom is -0.394 e. The fourth-order valence-electron chi connectivity index (χ4n) is 3.39. The fraction of sp³-hybridized carbons (Fsp3) is 0.353. The number of nitrogens with one attached hydrogen (secondary N) is 1. The first kappa shape index (κ1) is 19.5. The molecule has 4 N–H and O–H groups in total. The molecule has 4 rings (SSSR count). The van der Waals surface area contributed by atoms with E-state index in [4.69, 9.17) is 17.0 Å². The van der Waals surface area contributed by atoms with Gasteiger partial charge in [-0.3, -0.25) is 14.7 Å². The van der Waals surface area contributed by atoms with Crippen molar-refractivity contribution in [1.82, 2.24) is 19.5 Å². The zero-order chi connectivity index (χ0) is 20.7. The summed E-state index contributed by atoms with van der Waals surface area (Å²) in [5.41, 5.74) is 1.53. The third-order valence-corrected chi connectivity index (χ3v) is 5.15. The molecule has 4 atom stereocenters. The summed E-state index contributed by atoms with van der Waals surface area (Å²) in [6.45, 7) is -0.462. The molecule has 1 saturated heterocycles. The van der Waals surface area contributed by atoms with E-state index in [-0.39, 0.29) is 16.7 Å². The van der Waals surface area contributed by atoms with Crippen molar-refractivity contribution < 1.29 is 25.0 Å². The van der Waals surface area contributed by atoms with E-state index in [0.717, 1.165) is 5.56 Å². The van der Waals surface area contributed by atoms with Gasteiger partial charge in [0.15, 0.2) is 10.9 Å². The standard InChI is InChI=1S/C17H17N5O6S/c23-6-10-13(24)14(25)17(28-10)21-11(20-12-15(21)18-7-19-16(12)29)5-8-1-3-9(4-2-8)22(26)27/h1-4,7,10,13-14,17,23-25H,5-6H2,(H,18,19,29)/t10-,13-,14-,17-/m1/s1. The summed E-state index contributed by atoms with van der Waals surface area (Å²) in [6.07, 6.45) is -2.92. The second kappa shape index (κ2) is 7.57. The molecule has 11 nitrogen and oxygen atoms in total. The highest BCUT2D eigenvalue weighted by molar-refractivity contribution is 7.71. The van der Waals surface area contributed by atoms with Crippen LogP contribution < -0.4 is 0 Å². The molecule has 0 spiro atoms. The van der Waals surface area contributed by atoms with Crippen LogP contribution in [-0.2, 0) is 11.2 Å². The Bertz CT molecular complexity index is 1110. The Labute approximate surface area is 168 Å². The second-order valence-corrected chi connectivity index (χ2v) is 7.02. The molecule has 1 aliphatic rings. The Balaban J connectivity index is 1.79. The fourth-order valence-corrected chi connectivity index (χ4v) is 3.58. The molecule has 29 heavy (non-hydrogen) atoms. The summed E-state index contributed by atoms with van der Waals surface area (Å²) in [7, 11) is 0. The lowest BCUT2D eigenvalue weighted by molar-refractivity contribution is -0.384. The number of hydrogen-bond donors (Lipinski definition) is 4. The Morgan fingerprint density at radius 3 is 2.62 bits per heavy atom. The van der Waals surface area contributed by atoms with Crippen molar-refractivity contribution in [3.8, 4) is 0 Å². The number of nitro groups is 1. The highest BCUT2D eigenvalue weighted by Crippen LogP contribution is 2.33. The van der Waals surface area contributed by atoms with E-state index in [1.165, 1.54) is 18.5 Å². The Morgan fingerprint density at radius 1 is 1.28 bits per heavy atom. The van der Waals surface area contributed by atoms with Crippen LogP contribution in [-0.4, -0.2) is 64.7 Å². The molecule has 2 aromatic heterocycles. The number of nitro benzene ring substituents is 1. The average molecular weight is 419 g/mol. The average Bonchev–Trinajstić information content (AvgIpc) is 3.20. The molecule has 1 aromatic carbocycles. The van der Waals surface area contributed by atoms with E-state index in [9.17, 15) is 25.4 Å². The molecule has 12 heteroatoms. The Hall–Kier alpha value is -2.77. The largest absolute Gasteiger partial charge is 0.394 e. The molecule has 1 fully saturated rings. The number of hydrogen-bond acceptors (Lipinski definition) is 9. The number of aromatic nitrogens is 4. The summed E-state index contributed by atoms with van der Waals surface area (Å²) in [6, 6.07) is 5.99. The van der Waals surface area contributed by atoms with Crippen molar-refractivity contribution in [2.45, 2.75) is 31.0 Å². The minimum atomic E-state index is -1.31. The van der Waals surface area contributed by atoms with E-state index in [1.54, 1.807) is 16.7 Å². The number of ether oxygens (including phenoxy) is 1. The van der Waals surface area contributed by atoms with Gasteiger partial charge in [0.05, 0.1) is 17.9 Å². The second-order valence-electron chi connectivity index (χ2n) is 6.63. The molecule has 3 aromatic rings. The van der Waals surface area contributed by atoms with Gasteiger partial charge in [0.25, 0.3) is 5.69 Å². The summed E-state index contributed by atoms with van der Waals surface area (Å²) >= 11 is 5.24. The molecule has 152 valence electrons. The monoisotopic (exact) mass is 419 g/mol. The van der Waals surface area contributed by atoms with Gasteiger partial charge in [0.2, 0.25) is 0 Å². The van der Waals surface area contributed by atoms with E-state index in [0.29, 0.717) is 17.0 Å². The van der Waals surface area contributed by atoms with Crippen LogP contribution in [0.15, 0.2) is 30.6 Å². The number of aliphatic hydroxyl groups excluding tert-OH is 3. The van der Waals surface area contributed by atoms with Crippen molar-refractivity contribution in [2.75, 3.05) is 6.61 Å². The van der Waals surface area contributed by atoms with Crippen molar-refractivity contribution in [2.24, 2.45) is 0 Å². The van der Waals surface area contributed by atoms with E-state index in [2.05, 4.69) is 15.0 Å². The number of non-ortho nitro benzene ring substituents is 1. The number of imidazole rings is 1. The lowest BCUT2D eigenvalue weighted by atomic mass is 10.1. The SMILES string of the molecule is O=[N+]([O-])c1ccc(Cc2nc3c(=S)nc[nH]c3n2[C@@H]2O[C@H](CO)[C@@H](O)[C@H]2O)cc1. The maximum atomic E-state index is 10.9. The summed E-state index contributed by atoms with van der Waals surface area (Å²) < 4.78 is 7.48. The molecule has 0 radical (unpaired) electrons. The number of rotatable bonds is 5. The normalized spacial score (nSPS) is 24.2. The number of nitrogens with zero attached hydrogens (tertiary/aromatic N) is 4. The summed E-state index contributed by atoms with van der Waals surface area (Å²) in [5, 5.41) is 40.9. The third-order valence-electron chi connectivity index (χ3n) is 4.85. The number of H-pyrrole nitrogens is 1. The predicted molar refractivity (Wildman–Crippen MR) is 102 cm³/mol. The van der Waals surface area contributed by atoms with E-state index in [1.807, 2.05) is 0 Å². The van der Waals surface area contributed by atoms with Crippen molar-refractivity contribution >= 4 is 29.1 Å². The van der Waals surface area contributed by atoms with Crippen molar-refractivity contribution in [3.05, 3.63) is 56.7 Å². The lowest BCUT2D eigenvalue weighted by Gasteiger charge is -2.19. The van der Waals surface area contributed by atoms with Gasteiger partial charge < -0.3 is 25.0 Å². The molecule has 0 aliphatic carbocycles. The van der Waals surface area contributed by atoms with Gasteiger partial charge in [-0.1, -0.05) is 24.4 Å². The van der Waals surface area contributed by atoms with Gasteiger partial charge in [-0.15, -0.1) is 0 Å². The summed E-state index contributed by atoms with van der Waals surface area (Å²) in [4.78, 5) is 21.8. The first-order valence-electron chi connectivity index (χ1n) is 8.71. The molecule has 1 aliphatic heterocycles. The number of aromatic amines is 1. The Kier molecular flexibility index (Phi) is 5.10. The van der Waals surface area contributed by atoms with Crippen LogP contribution in [0, 0.1) is 14.8 Å².